The number of H-pyrrole nitrogens is 1. The second-order valence-electron chi connectivity index (χ2n) is 6.92. The van der Waals surface area contributed by atoms with Gasteiger partial charge in [-0.25, -0.2) is 0 Å². The molecule has 1 N–H and O–H groups in total. The molecule has 0 spiro atoms. The summed E-state index contributed by atoms with van der Waals surface area (Å²) < 4.78 is 37.7. The zero-order chi connectivity index (χ0) is 20.5. The SMILES string of the molecule is C[C@H](CC(=O)C(=O)N1CCN(C(=O)c2cc3ccccc3[nH]2)CC1)C(F)(F)F. The third-order valence-electron chi connectivity index (χ3n) is 4.90. The third-order valence-corrected chi connectivity index (χ3v) is 4.90. The van der Waals surface area contributed by atoms with Gasteiger partial charge in [0.1, 0.15) is 5.69 Å². The van der Waals surface area contributed by atoms with E-state index in [-0.39, 0.29) is 32.1 Å². The lowest BCUT2D eigenvalue weighted by Gasteiger charge is -2.34. The van der Waals surface area contributed by atoms with E-state index in [0.717, 1.165) is 17.8 Å². The first-order valence-corrected chi connectivity index (χ1v) is 8.92. The number of Topliss-reactive ketones (excluding diaryl/α,β-unsaturated/α-hetero) is 1. The predicted octanol–water partition coefficient (Wildman–Crippen LogP) is 2.61. The number of rotatable bonds is 4. The molecule has 1 fully saturated rings. The van der Waals surface area contributed by atoms with E-state index >= 15 is 0 Å². The van der Waals surface area contributed by atoms with Crippen molar-refractivity contribution in [3.8, 4) is 0 Å². The molecule has 2 amide bonds. The van der Waals surface area contributed by atoms with Crippen LogP contribution in [0.3, 0.4) is 0 Å². The number of halogens is 3. The summed E-state index contributed by atoms with van der Waals surface area (Å²) >= 11 is 0. The van der Waals surface area contributed by atoms with Crippen molar-refractivity contribution in [3.63, 3.8) is 0 Å². The number of alkyl halides is 3. The van der Waals surface area contributed by atoms with Gasteiger partial charge in [-0.05, 0) is 12.1 Å². The maximum Gasteiger partial charge on any atom is 0.391 e. The highest BCUT2D eigenvalue weighted by atomic mass is 19.4. The van der Waals surface area contributed by atoms with E-state index in [9.17, 15) is 27.6 Å². The van der Waals surface area contributed by atoms with Crippen LogP contribution in [-0.4, -0.2) is 64.7 Å². The standard InChI is InChI=1S/C19H20F3N3O3/c1-12(19(20,21)22)10-16(26)18(28)25-8-6-24(7-9-25)17(27)15-11-13-4-2-3-5-14(13)23-15/h2-5,11-12,23H,6-10H2,1H3/t12-/m1/s1. The molecule has 6 nitrogen and oxygen atoms in total. The second-order valence-corrected chi connectivity index (χ2v) is 6.92. The monoisotopic (exact) mass is 395 g/mol. The van der Waals surface area contributed by atoms with Crippen LogP contribution in [0.15, 0.2) is 30.3 Å². The van der Waals surface area contributed by atoms with Gasteiger partial charge >= 0.3 is 6.18 Å². The summed E-state index contributed by atoms with van der Waals surface area (Å²) in [7, 11) is 0. The third kappa shape index (κ3) is 4.18. The zero-order valence-electron chi connectivity index (χ0n) is 15.3. The topological polar surface area (TPSA) is 73.5 Å². The predicted molar refractivity (Wildman–Crippen MR) is 95.6 cm³/mol. The van der Waals surface area contributed by atoms with Crippen molar-refractivity contribution in [3.05, 3.63) is 36.0 Å². The summed E-state index contributed by atoms with van der Waals surface area (Å²) in [4.78, 5) is 42.4. The molecule has 1 aromatic heterocycles. The summed E-state index contributed by atoms with van der Waals surface area (Å²) in [5.41, 5.74) is 1.26. The van der Waals surface area contributed by atoms with Crippen LogP contribution in [0.4, 0.5) is 13.2 Å². The van der Waals surface area contributed by atoms with E-state index in [0.29, 0.717) is 5.69 Å². The number of hydrogen-bond donors (Lipinski definition) is 1. The molecular weight excluding hydrogens is 375 g/mol. The van der Waals surface area contributed by atoms with Crippen LogP contribution in [0.5, 0.6) is 0 Å². The van der Waals surface area contributed by atoms with Crippen LogP contribution in [0.2, 0.25) is 0 Å². The quantitative estimate of drug-likeness (QED) is 0.809. The lowest BCUT2D eigenvalue weighted by molar-refractivity contribution is -0.175. The molecule has 0 aliphatic carbocycles. The maximum absolute atomic E-state index is 12.6. The fraction of sp³-hybridized carbons (Fsp3) is 0.421. The Kier molecular flexibility index (Phi) is 5.44. The number of benzene rings is 1. The van der Waals surface area contributed by atoms with Gasteiger partial charge in [-0.1, -0.05) is 25.1 Å². The molecule has 0 radical (unpaired) electrons. The Bertz CT molecular complexity index is 865. The molecule has 0 saturated carbocycles. The molecule has 1 atom stereocenters. The Balaban J connectivity index is 1.57. The fourth-order valence-electron chi connectivity index (χ4n) is 3.13. The average Bonchev–Trinajstić information content (AvgIpc) is 3.10. The average molecular weight is 395 g/mol. The minimum absolute atomic E-state index is 0.108. The van der Waals surface area contributed by atoms with Crippen LogP contribution in [0, 0.1) is 5.92 Å². The number of aromatic nitrogens is 1. The van der Waals surface area contributed by atoms with Crippen LogP contribution in [0.25, 0.3) is 10.9 Å². The largest absolute Gasteiger partial charge is 0.391 e. The molecule has 1 aliphatic rings. The van der Waals surface area contributed by atoms with Crippen molar-refractivity contribution in [2.45, 2.75) is 19.5 Å². The highest BCUT2D eigenvalue weighted by molar-refractivity contribution is 6.36. The van der Waals surface area contributed by atoms with Crippen LogP contribution < -0.4 is 0 Å². The Morgan fingerprint density at radius 1 is 1.07 bits per heavy atom. The summed E-state index contributed by atoms with van der Waals surface area (Å²) in [5.74, 6) is -4.07. The molecule has 2 heterocycles. The highest BCUT2D eigenvalue weighted by Crippen LogP contribution is 2.28. The van der Waals surface area contributed by atoms with Gasteiger partial charge in [0.05, 0.1) is 5.92 Å². The summed E-state index contributed by atoms with van der Waals surface area (Å²) in [6.07, 6.45) is -5.38. The van der Waals surface area contributed by atoms with Gasteiger partial charge in [-0.3, -0.25) is 14.4 Å². The van der Waals surface area contributed by atoms with E-state index < -0.39 is 30.2 Å². The number of amides is 2. The van der Waals surface area contributed by atoms with Gasteiger partial charge in [-0.2, -0.15) is 13.2 Å². The van der Waals surface area contributed by atoms with Gasteiger partial charge in [0.2, 0.25) is 5.78 Å². The van der Waals surface area contributed by atoms with Crippen molar-refractivity contribution in [2.24, 2.45) is 5.92 Å². The fourth-order valence-corrected chi connectivity index (χ4v) is 3.13. The molecular formula is C19H20F3N3O3. The molecule has 3 rings (SSSR count). The molecule has 0 unspecified atom stereocenters. The van der Waals surface area contributed by atoms with Gasteiger partial charge in [-0.15, -0.1) is 0 Å². The van der Waals surface area contributed by atoms with E-state index in [1.165, 1.54) is 4.90 Å². The number of carbonyl (C=O) groups excluding carboxylic acids is 3. The second kappa shape index (κ2) is 7.65. The number of hydrogen-bond acceptors (Lipinski definition) is 3. The van der Waals surface area contributed by atoms with E-state index in [2.05, 4.69) is 4.98 Å². The minimum atomic E-state index is -4.51. The van der Waals surface area contributed by atoms with Crippen molar-refractivity contribution in [1.82, 2.24) is 14.8 Å². The number of nitrogens with one attached hydrogen (secondary N) is 1. The van der Waals surface area contributed by atoms with Crippen molar-refractivity contribution >= 4 is 28.5 Å². The number of para-hydroxylation sites is 1. The molecule has 1 aliphatic heterocycles. The summed E-state index contributed by atoms with van der Waals surface area (Å²) in [6, 6.07) is 9.21. The van der Waals surface area contributed by atoms with Crippen LogP contribution >= 0.6 is 0 Å². The van der Waals surface area contributed by atoms with Crippen molar-refractivity contribution in [1.29, 1.82) is 0 Å². The number of carbonyl (C=O) groups is 3. The first kappa shape index (κ1) is 19.9. The Morgan fingerprint density at radius 3 is 2.29 bits per heavy atom. The van der Waals surface area contributed by atoms with E-state index in [4.69, 9.17) is 0 Å². The number of nitrogens with zero attached hydrogens (tertiary/aromatic N) is 2. The zero-order valence-corrected chi connectivity index (χ0v) is 15.3. The lowest BCUT2D eigenvalue weighted by Crippen LogP contribution is -2.52. The summed E-state index contributed by atoms with van der Waals surface area (Å²) in [6.45, 7) is 1.51. The molecule has 1 aromatic carbocycles. The minimum Gasteiger partial charge on any atom is -0.351 e. The molecule has 150 valence electrons. The van der Waals surface area contributed by atoms with Gasteiger partial charge in [0.15, 0.2) is 0 Å². The molecule has 1 saturated heterocycles. The smallest absolute Gasteiger partial charge is 0.351 e. The number of aromatic amines is 1. The number of piperazine rings is 1. The van der Waals surface area contributed by atoms with Crippen molar-refractivity contribution < 1.29 is 27.6 Å². The Labute approximate surface area is 159 Å². The highest BCUT2D eigenvalue weighted by Gasteiger charge is 2.39. The number of fused-ring (bicyclic) bond motifs is 1. The van der Waals surface area contributed by atoms with Gasteiger partial charge < -0.3 is 14.8 Å². The maximum atomic E-state index is 12.6. The Hall–Kier alpha value is -2.84. The normalized spacial score (nSPS) is 16.3. The van der Waals surface area contributed by atoms with Crippen LogP contribution in [0.1, 0.15) is 23.8 Å². The summed E-state index contributed by atoms with van der Waals surface area (Å²) in [5, 5.41) is 0.907. The first-order valence-electron chi connectivity index (χ1n) is 8.92. The number of ketones is 1. The van der Waals surface area contributed by atoms with Gasteiger partial charge in [0.25, 0.3) is 11.8 Å². The first-order chi connectivity index (χ1) is 13.2. The molecule has 28 heavy (non-hydrogen) atoms. The lowest BCUT2D eigenvalue weighted by atomic mass is 10.0. The van der Waals surface area contributed by atoms with Crippen molar-refractivity contribution in [2.75, 3.05) is 26.2 Å². The van der Waals surface area contributed by atoms with Crippen LogP contribution in [-0.2, 0) is 9.59 Å². The molecule has 9 heteroatoms. The van der Waals surface area contributed by atoms with E-state index in [1.807, 2.05) is 24.3 Å². The molecule has 2 aromatic rings. The Morgan fingerprint density at radius 2 is 1.68 bits per heavy atom. The van der Waals surface area contributed by atoms with Gasteiger partial charge in [0, 0.05) is 43.5 Å². The van der Waals surface area contributed by atoms with E-state index in [1.54, 1.807) is 11.0 Å². The molecule has 0 bridgehead atoms.